The summed E-state index contributed by atoms with van der Waals surface area (Å²) in [6.45, 7) is 5.42. The van der Waals surface area contributed by atoms with Crippen molar-refractivity contribution in [3.8, 4) is 0 Å². The highest BCUT2D eigenvalue weighted by molar-refractivity contribution is 4.92. The third-order valence-corrected chi connectivity index (χ3v) is 4.62. The molecule has 0 saturated carbocycles. The fourth-order valence-electron chi connectivity index (χ4n) is 3.24. The van der Waals surface area contributed by atoms with Crippen molar-refractivity contribution in [3.63, 3.8) is 0 Å². The summed E-state index contributed by atoms with van der Waals surface area (Å²) in [6.07, 6.45) is 14.9. The van der Waals surface area contributed by atoms with Crippen molar-refractivity contribution < 1.29 is 9.47 Å². The van der Waals surface area contributed by atoms with Crippen LogP contribution in [0.1, 0.15) is 65.2 Å². The number of ether oxygens (including phenoxy) is 2. The first-order valence-electron chi connectivity index (χ1n) is 8.27. The van der Waals surface area contributed by atoms with Gasteiger partial charge in [-0.05, 0) is 32.1 Å². The van der Waals surface area contributed by atoms with E-state index in [4.69, 9.17) is 9.47 Å². The lowest BCUT2D eigenvalue weighted by molar-refractivity contribution is -0.259. The highest BCUT2D eigenvalue weighted by Gasteiger charge is 2.34. The van der Waals surface area contributed by atoms with E-state index in [9.17, 15) is 0 Å². The molecule has 0 bridgehead atoms. The second-order valence-electron chi connectivity index (χ2n) is 6.08. The molecular weight excluding hydrogens is 236 g/mol. The van der Waals surface area contributed by atoms with Crippen molar-refractivity contribution in [1.82, 2.24) is 0 Å². The molecule has 2 heteroatoms. The van der Waals surface area contributed by atoms with Gasteiger partial charge in [0.05, 0.1) is 12.7 Å². The van der Waals surface area contributed by atoms with Crippen LogP contribution in [0.2, 0.25) is 0 Å². The first-order chi connectivity index (χ1) is 9.35. The van der Waals surface area contributed by atoms with Crippen molar-refractivity contribution in [3.05, 3.63) is 12.2 Å². The third kappa shape index (κ3) is 4.32. The number of hydrogen-bond donors (Lipinski definition) is 0. The Hall–Kier alpha value is -0.340. The SMILES string of the molecule is CCCCC[C@@H]1O[C@@H]([C@H]2CC=CCC2)OC[C@H]1CC. The lowest BCUT2D eigenvalue weighted by atomic mass is 9.90. The first kappa shape index (κ1) is 15.1. The van der Waals surface area contributed by atoms with Crippen LogP contribution in [0.15, 0.2) is 12.2 Å². The number of hydrogen-bond acceptors (Lipinski definition) is 2. The summed E-state index contributed by atoms with van der Waals surface area (Å²) in [6, 6.07) is 0. The molecule has 0 aromatic carbocycles. The van der Waals surface area contributed by atoms with E-state index in [-0.39, 0.29) is 6.29 Å². The summed E-state index contributed by atoms with van der Waals surface area (Å²) in [5.41, 5.74) is 0. The molecule has 2 aliphatic rings. The molecule has 110 valence electrons. The summed E-state index contributed by atoms with van der Waals surface area (Å²) in [5, 5.41) is 0. The zero-order valence-electron chi connectivity index (χ0n) is 12.6. The Bertz CT molecular complexity index is 274. The van der Waals surface area contributed by atoms with Crippen molar-refractivity contribution in [2.75, 3.05) is 6.61 Å². The van der Waals surface area contributed by atoms with Crippen LogP contribution >= 0.6 is 0 Å². The molecule has 2 rings (SSSR count). The van der Waals surface area contributed by atoms with Crippen LogP contribution in [0.25, 0.3) is 0 Å². The van der Waals surface area contributed by atoms with Gasteiger partial charge in [-0.1, -0.05) is 45.3 Å². The maximum Gasteiger partial charge on any atom is 0.161 e. The van der Waals surface area contributed by atoms with Gasteiger partial charge in [0.2, 0.25) is 0 Å². The molecule has 1 fully saturated rings. The average Bonchev–Trinajstić information content (AvgIpc) is 2.48. The Kier molecular flexibility index (Phi) is 6.39. The Morgan fingerprint density at radius 3 is 2.74 bits per heavy atom. The molecule has 2 nitrogen and oxygen atoms in total. The summed E-state index contributed by atoms with van der Waals surface area (Å²) in [5.74, 6) is 1.18. The van der Waals surface area contributed by atoms with Gasteiger partial charge in [0.25, 0.3) is 0 Å². The van der Waals surface area contributed by atoms with Crippen LogP contribution in [0.5, 0.6) is 0 Å². The maximum atomic E-state index is 6.32. The molecule has 0 aromatic heterocycles. The van der Waals surface area contributed by atoms with Gasteiger partial charge in [-0.3, -0.25) is 0 Å². The van der Waals surface area contributed by atoms with E-state index in [0.29, 0.717) is 17.9 Å². The monoisotopic (exact) mass is 266 g/mol. The van der Waals surface area contributed by atoms with E-state index in [2.05, 4.69) is 26.0 Å². The Labute approximate surface area is 118 Å². The van der Waals surface area contributed by atoms with Crippen LogP contribution in [0.3, 0.4) is 0 Å². The molecule has 0 amide bonds. The maximum absolute atomic E-state index is 6.32. The van der Waals surface area contributed by atoms with Crippen molar-refractivity contribution >= 4 is 0 Å². The topological polar surface area (TPSA) is 18.5 Å². The molecule has 1 aliphatic heterocycles. The lowest BCUT2D eigenvalue weighted by Gasteiger charge is -2.40. The minimum Gasteiger partial charge on any atom is -0.352 e. The summed E-state index contributed by atoms with van der Waals surface area (Å²) in [7, 11) is 0. The van der Waals surface area contributed by atoms with Crippen LogP contribution in [0.4, 0.5) is 0 Å². The largest absolute Gasteiger partial charge is 0.352 e. The molecule has 0 N–H and O–H groups in total. The van der Waals surface area contributed by atoms with Gasteiger partial charge in [-0.15, -0.1) is 0 Å². The van der Waals surface area contributed by atoms with Gasteiger partial charge in [-0.2, -0.15) is 0 Å². The Morgan fingerprint density at radius 1 is 1.16 bits per heavy atom. The normalized spacial score (nSPS) is 35.5. The van der Waals surface area contributed by atoms with Crippen molar-refractivity contribution in [2.24, 2.45) is 11.8 Å². The van der Waals surface area contributed by atoms with Gasteiger partial charge < -0.3 is 9.47 Å². The van der Waals surface area contributed by atoms with Gasteiger partial charge in [-0.25, -0.2) is 0 Å². The third-order valence-electron chi connectivity index (χ3n) is 4.62. The van der Waals surface area contributed by atoms with Gasteiger partial charge >= 0.3 is 0 Å². The number of unbranched alkanes of at least 4 members (excludes halogenated alkanes) is 2. The molecule has 4 atom stereocenters. The zero-order chi connectivity index (χ0) is 13.5. The number of allylic oxidation sites excluding steroid dienone is 2. The predicted molar refractivity (Wildman–Crippen MR) is 79.0 cm³/mol. The summed E-state index contributed by atoms with van der Waals surface area (Å²) in [4.78, 5) is 0. The van der Waals surface area contributed by atoms with E-state index >= 15 is 0 Å². The summed E-state index contributed by atoms with van der Waals surface area (Å²) >= 11 is 0. The van der Waals surface area contributed by atoms with Crippen LogP contribution in [0, 0.1) is 11.8 Å². The molecule has 1 aliphatic carbocycles. The molecule has 0 radical (unpaired) electrons. The molecule has 0 spiro atoms. The average molecular weight is 266 g/mol. The summed E-state index contributed by atoms with van der Waals surface area (Å²) < 4.78 is 12.3. The highest BCUT2D eigenvalue weighted by Crippen LogP contribution is 2.32. The quantitative estimate of drug-likeness (QED) is 0.513. The smallest absolute Gasteiger partial charge is 0.161 e. The van der Waals surface area contributed by atoms with E-state index < -0.39 is 0 Å². The lowest BCUT2D eigenvalue weighted by Crippen LogP contribution is -2.43. The molecule has 1 heterocycles. The minimum absolute atomic E-state index is 0.0550. The van der Waals surface area contributed by atoms with E-state index in [1.54, 1.807) is 0 Å². The van der Waals surface area contributed by atoms with Gasteiger partial charge in [0.15, 0.2) is 6.29 Å². The number of rotatable bonds is 6. The fraction of sp³-hybridized carbons (Fsp3) is 0.882. The highest BCUT2D eigenvalue weighted by atomic mass is 16.7. The fourth-order valence-corrected chi connectivity index (χ4v) is 3.24. The van der Waals surface area contributed by atoms with Crippen LogP contribution < -0.4 is 0 Å². The second kappa shape index (κ2) is 8.06. The van der Waals surface area contributed by atoms with Gasteiger partial charge in [0, 0.05) is 11.8 Å². The minimum atomic E-state index is 0.0550. The molecular formula is C17H30O2. The molecule has 0 unspecified atom stereocenters. The molecule has 1 saturated heterocycles. The molecule has 19 heavy (non-hydrogen) atoms. The van der Waals surface area contributed by atoms with Crippen molar-refractivity contribution in [2.45, 2.75) is 77.6 Å². The zero-order valence-corrected chi connectivity index (χ0v) is 12.6. The second-order valence-corrected chi connectivity index (χ2v) is 6.08. The van der Waals surface area contributed by atoms with Crippen molar-refractivity contribution in [1.29, 1.82) is 0 Å². The first-order valence-corrected chi connectivity index (χ1v) is 8.27. The molecule has 0 aromatic rings. The predicted octanol–water partition coefficient (Wildman–Crippen LogP) is 4.69. The Balaban J connectivity index is 1.85. The van der Waals surface area contributed by atoms with Gasteiger partial charge in [0.1, 0.15) is 0 Å². The Morgan fingerprint density at radius 2 is 2.05 bits per heavy atom. The standard InChI is InChI=1S/C17H30O2/c1-3-5-7-12-16-14(4-2)13-18-17(19-16)15-10-8-6-9-11-15/h6,8,14-17H,3-5,7,9-13H2,1-2H3/t14-,15+,16+,17+/m1/s1. The van der Waals surface area contributed by atoms with Crippen LogP contribution in [-0.4, -0.2) is 19.0 Å². The van der Waals surface area contributed by atoms with Crippen LogP contribution in [-0.2, 0) is 9.47 Å². The van der Waals surface area contributed by atoms with E-state index in [1.165, 1.54) is 44.9 Å². The van der Waals surface area contributed by atoms with E-state index in [1.807, 2.05) is 0 Å². The van der Waals surface area contributed by atoms with E-state index in [0.717, 1.165) is 13.0 Å².